The summed E-state index contributed by atoms with van der Waals surface area (Å²) in [4.78, 5) is 22.1. The molecule has 1 aromatic rings. The molecule has 0 aliphatic carbocycles. The molecule has 0 saturated carbocycles. The summed E-state index contributed by atoms with van der Waals surface area (Å²) >= 11 is 0. The van der Waals surface area contributed by atoms with Crippen LogP contribution in [0, 0.1) is 0 Å². The van der Waals surface area contributed by atoms with Crippen LogP contribution in [0.1, 0.15) is 6.92 Å². The number of Topliss-reactive ketones (excluding diaryl/α,β-unsaturated/α-hetero) is 1. The highest BCUT2D eigenvalue weighted by atomic mass is 32.2. The Kier molecular flexibility index (Phi) is 3.74. The lowest BCUT2D eigenvalue weighted by Crippen LogP contribution is -2.16. The number of carbonyl (C=O) groups excluding carboxylic acids is 2. The smallest absolute Gasteiger partial charge is 0.379 e. The summed E-state index contributed by atoms with van der Waals surface area (Å²) in [5.41, 5.74) is 0. The van der Waals surface area contributed by atoms with Gasteiger partial charge in [-0.1, -0.05) is 0 Å². The van der Waals surface area contributed by atoms with E-state index in [0.717, 1.165) is 6.92 Å². The van der Waals surface area contributed by atoms with Gasteiger partial charge in [0.25, 0.3) is 0 Å². The molecular formula is C10H10O4S. The number of carbonyl (C=O) groups is 2. The van der Waals surface area contributed by atoms with E-state index in [2.05, 4.69) is 0 Å². The third kappa shape index (κ3) is 3.28. The molecule has 80 valence electrons. The zero-order chi connectivity index (χ0) is 11.4. The lowest BCUT2D eigenvalue weighted by Gasteiger charge is -2.02. The van der Waals surface area contributed by atoms with E-state index in [-0.39, 0.29) is 5.75 Å². The molecule has 0 aromatic heterocycles. The number of hydrogen-bond acceptors (Lipinski definition) is 4. The number of hydrogen-bond donors (Lipinski definition) is 0. The van der Waals surface area contributed by atoms with E-state index < -0.39 is 22.6 Å². The van der Waals surface area contributed by atoms with Gasteiger partial charge < -0.3 is 4.74 Å². The lowest BCUT2D eigenvalue weighted by molar-refractivity contribution is -0.146. The van der Waals surface area contributed by atoms with Gasteiger partial charge in [0.15, 0.2) is 0 Å². The van der Waals surface area contributed by atoms with Crippen LogP contribution in [0.25, 0.3) is 0 Å². The molecule has 4 nitrogen and oxygen atoms in total. The molecule has 1 atom stereocenters. The Bertz CT molecular complexity index is 408. The van der Waals surface area contributed by atoms with E-state index in [1.165, 1.54) is 12.1 Å². The lowest BCUT2D eigenvalue weighted by atomic mass is 10.3. The van der Waals surface area contributed by atoms with Crippen molar-refractivity contribution in [2.75, 3.05) is 6.26 Å². The first-order chi connectivity index (χ1) is 7.00. The van der Waals surface area contributed by atoms with Crippen molar-refractivity contribution in [2.45, 2.75) is 11.8 Å². The highest BCUT2D eigenvalue weighted by Crippen LogP contribution is 2.14. The minimum Gasteiger partial charge on any atom is -0.421 e. The number of esters is 1. The fourth-order valence-corrected chi connectivity index (χ4v) is 1.40. The van der Waals surface area contributed by atoms with Crippen molar-refractivity contribution in [3.05, 3.63) is 24.3 Å². The first-order valence-electron chi connectivity index (χ1n) is 4.17. The molecule has 0 heterocycles. The highest BCUT2D eigenvalue weighted by molar-refractivity contribution is 7.84. The van der Waals surface area contributed by atoms with Crippen molar-refractivity contribution >= 4 is 22.6 Å². The first-order valence-corrected chi connectivity index (χ1v) is 5.72. The van der Waals surface area contributed by atoms with Crippen molar-refractivity contribution in [2.24, 2.45) is 0 Å². The van der Waals surface area contributed by atoms with Gasteiger partial charge in [-0.25, -0.2) is 4.79 Å². The summed E-state index contributed by atoms with van der Waals surface area (Å²) in [5.74, 6) is -1.29. The molecule has 0 aliphatic heterocycles. The van der Waals surface area contributed by atoms with Crippen LogP contribution in [0.5, 0.6) is 5.75 Å². The van der Waals surface area contributed by atoms with Crippen molar-refractivity contribution in [3.63, 3.8) is 0 Å². The molecule has 0 N–H and O–H groups in total. The maximum Gasteiger partial charge on any atom is 0.379 e. The quantitative estimate of drug-likeness (QED) is 0.437. The van der Waals surface area contributed by atoms with Gasteiger partial charge in [0, 0.05) is 28.9 Å². The molecular weight excluding hydrogens is 216 g/mol. The predicted molar refractivity (Wildman–Crippen MR) is 55.1 cm³/mol. The maximum absolute atomic E-state index is 11.0. The van der Waals surface area contributed by atoms with Gasteiger partial charge in [0.2, 0.25) is 5.78 Å². The van der Waals surface area contributed by atoms with Crippen LogP contribution in [0.4, 0.5) is 0 Å². The Balaban J connectivity index is 2.77. The van der Waals surface area contributed by atoms with Crippen molar-refractivity contribution < 1.29 is 18.5 Å². The SMILES string of the molecule is CC(=O)C(=O)Oc1ccc(S(C)=O)cc1. The van der Waals surface area contributed by atoms with E-state index in [4.69, 9.17) is 4.74 Å². The van der Waals surface area contributed by atoms with Gasteiger partial charge in [-0.05, 0) is 24.3 Å². The Morgan fingerprint density at radius 1 is 1.20 bits per heavy atom. The molecule has 0 radical (unpaired) electrons. The second-order valence-corrected chi connectivity index (χ2v) is 4.25. The molecule has 0 amide bonds. The van der Waals surface area contributed by atoms with E-state index in [1.54, 1.807) is 18.4 Å². The Labute approximate surface area is 89.7 Å². The average Bonchev–Trinajstić information content (AvgIpc) is 2.18. The fourth-order valence-electron chi connectivity index (χ4n) is 0.878. The summed E-state index contributed by atoms with van der Waals surface area (Å²) in [6.07, 6.45) is 1.55. The van der Waals surface area contributed by atoms with Crippen molar-refractivity contribution in [1.82, 2.24) is 0 Å². The molecule has 1 unspecified atom stereocenters. The third-order valence-corrected chi connectivity index (χ3v) is 2.59. The van der Waals surface area contributed by atoms with Gasteiger partial charge in [-0.15, -0.1) is 0 Å². The van der Waals surface area contributed by atoms with Crippen LogP contribution < -0.4 is 4.74 Å². The number of rotatable bonds is 3. The van der Waals surface area contributed by atoms with E-state index in [1.807, 2.05) is 0 Å². The normalized spacial score (nSPS) is 11.9. The minimum atomic E-state index is -1.07. The highest BCUT2D eigenvalue weighted by Gasteiger charge is 2.10. The molecule has 0 saturated heterocycles. The molecule has 15 heavy (non-hydrogen) atoms. The van der Waals surface area contributed by atoms with E-state index in [0.29, 0.717) is 4.90 Å². The summed E-state index contributed by atoms with van der Waals surface area (Å²) in [7, 11) is -1.07. The summed E-state index contributed by atoms with van der Waals surface area (Å²) in [5, 5.41) is 0. The first kappa shape index (κ1) is 11.6. The molecule has 1 rings (SSSR count). The van der Waals surface area contributed by atoms with Crippen LogP contribution in [-0.2, 0) is 20.4 Å². The van der Waals surface area contributed by atoms with Crippen LogP contribution >= 0.6 is 0 Å². The monoisotopic (exact) mass is 226 g/mol. The predicted octanol–water partition coefficient (Wildman–Crippen LogP) is 0.918. The maximum atomic E-state index is 11.0. The third-order valence-electron chi connectivity index (χ3n) is 1.65. The second-order valence-electron chi connectivity index (χ2n) is 2.87. The van der Waals surface area contributed by atoms with Gasteiger partial charge >= 0.3 is 5.97 Å². The largest absolute Gasteiger partial charge is 0.421 e. The van der Waals surface area contributed by atoms with Crippen LogP contribution in [0.15, 0.2) is 29.2 Å². The van der Waals surface area contributed by atoms with Crippen molar-refractivity contribution in [3.8, 4) is 5.75 Å². The van der Waals surface area contributed by atoms with Crippen LogP contribution in [-0.4, -0.2) is 22.2 Å². The Morgan fingerprint density at radius 2 is 1.73 bits per heavy atom. The zero-order valence-corrected chi connectivity index (χ0v) is 9.17. The molecule has 0 aliphatic rings. The molecule has 5 heteroatoms. The fraction of sp³-hybridized carbons (Fsp3) is 0.200. The summed E-state index contributed by atoms with van der Waals surface area (Å²) < 4.78 is 15.8. The molecule has 0 fully saturated rings. The average molecular weight is 226 g/mol. The minimum absolute atomic E-state index is 0.268. The standard InChI is InChI=1S/C10H10O4S/c1-7(11)10(12)14-8-3-5-9(6-4-8)15(2)13/h3-6H,1-2H3. The second kappa shape index (κ2) is 4.84. The van der Waals surface area contributed by atoms with Gasteiger partial charge in [-0.2, -0.15) is 0 Å². The molecule has 1 aromatic carbocycles. The van der Waals surface area contributed by atoms with Gasteiger partial charge in [0.1, 0.15) is 5.75 Å². The summed E-state index contributed by atoms with van der Waals surface area (Å²) in [6.45, 7) is 1.14. The van der Waals surface area contributed by atoms with E-state index in [9.17, 15) is 13.8 Å². The van der Waals surface area contributed by atoms with E-state index >= 15 is 0 Å². The number of benzene rings is 1. The Hall–Kier alpha value is -1.49. The topological polar surface area (TPSA) is 60.4 Å². The van der Waals surface area contributed by atoms with Gasteiger partial charge in [0.05, 0.1) is 0 Å². The number of ether oxygens (including phenoxy) is 1. The van der Waals surface area contributed by atoms with Crippen molar-refractivity contribution in [1.29, 1.82) is 0 Å². The molecule has 0 bridgehead atoms. The van der Waals surface area contributed by atoms with Crippen LogP contribution in [0.2, 0.25) is 0 Å². The number of ketones is 1. The van der Waals surface area contributed by atoms with Gasteiger partial charge in [-0.3, -0.25) is 9.00 Å². The zero-order valence-electron chi connectivity index (χ0n) is 8.35. The van der Waals surface area contributed by atoms with Crippen LogP contribution in [0.3, 0.4) is 0 Å². The Morgan fingerprint density at radius 3 is 2.13 bits per heavy atom. The summed E-state index contributed by atoms with van der Waals surface area (Å²) in [6, 6.07) is 6.16. The molecule has 0 spiro atoms.